The van der Waals surface area contributed by atoms with Gasteiger partial charge >= 0.3 is 0 Å². The van der Waals surface area contributed by atoms with E-state index in [0.717, 1.165) is 35.3 Å². The van der Waals surface area contributed by atoms with Crippen LogP contribution in [0.3, 0.4) is 0 Å². The van der Waals surface area contributed by atoms with Crippen molar-refractivity contribution in [2.75, 3.05) is 0 Å². The van der Waals surface area contributed by atoms with Crippen LogP contribution in [0.15, 0.2) is 4.47 Å². The predicted molar refractivity (Wildman–Crippen MR) is 92.3 cm³/mol. The number of halogens is 1. The molecular weight excluding hydrogens is 326 g/mol. The van der Waals surface area contributed by atoms with Gasteiger partial charge in [-0.05, 0) is 59.9 Å². The first-order valence-electron chi connectivity index (χ1n) is 8.15. The molecule has 21 heavy (non-hydrogen) atoms. The Labute approximate surface area is 137 Å². The molecule has 1 fully saturated rings. The molecule has 0 bridgehead atoms. The first-order chi connectivity index (χ1) is 9.68. The summed E-state index contributed by atoms with van der Waals surface area (Å²) >= 11 is 3.67. The summed E-state index contributed by atoms with van der Waals surface area (Å²) in [6, 6.07) is 0. The molecule has 0 aliphatic heterocycles. The fourth-order valence-corrected chi connectivity index (χ4v) is 4.12. The quantitative estimate of drug-likeness (QED) is 0.871. The number of rotatable bonds is 4. The minimum absolute atomic E-state index is 0.0664. The van der Waals surface area contributed by atoms with Crippen molar-refractivity contribution in [3.63, 3.8) is 0 Å². The Morgan fingerprint density at radius 2 is 1.95 bits per heavy atom. The van der Waals surface area contributed by atoms with Crippen LogP contribution in [0.25, 0.3) is 0 Å². The lowest BCUT2D eigenvalue weighted by atomic mass is 9.65. The first kappa shape index (κ1) is 17.0. The molecule has 1 aliphatic carbocycles. The highest BCUT2D eigenvalue weighted by atomic mass is 79.9. The second-order valence-electron chi connectivity index (χ2n) is 7.63. The van der Waals surface area contributed by atoms with Crippen LogP contribution in [0.2, 0.25) is 0 Å². The minimum Gasteiger partial charge on any atom is -0.325 e. The molecular formula is C17H30BrN3. The van der Waals surface area contributed by atoms with E-state index in [4.69, 9.17) is 5.73 Å². The second kappa shape index (κ2) is 6.04. The Morgan fingerprint density at radius 1 is 1.38 bits per heavy atom. The summed E-state index contributed by atoms with van der Waals surface area (Å²) in [4.78, 5) is 0. The van der Waals surface area contributed by atoms with Crippen molar-refractivity contribution in [2.45, 2.75) is 71.8 Å². The van der Waals surface area contributed by atoms with Crippen molar-refractivity contribution in [1.29, 1.82) is 0 Å². The van der Waals surface area contributed by atoms with Crippen LogP contribution in [0.4, 0.5) is 0 Å². The van der Waals surface area contributed by atoms with Crippen molar-refractivity contribution in [3.05, 3.63) is 15.9 Å². The third-order valence-corrected chi connectivity index (χ3v) is 6.81. The van der Waals surface area contributed by atoms with E-state index in [2.05, 4.69) is 41.8 Å². The summed E-state index contributed by atoms with van der Waals surface area (Å²) < 4.78 is 3.11. The van der Waals surface area contributed by atoms with Gasteiger partial charge in [0.25, 0.3) is 0 Å². The average molecular weight is 356 g/mol. The van der Waals surface area contributed by atoms with Crippen molar-refractivity contribution in [3.8, 4) is 0 Å². The Bertz CT molecular complexity index is 496. The molecule has 0 spiro atoms. The molecule has 0 radical (unpaired) electrons. The predicted octanol–water partition coefficient (Wildman–Crippen LogP) is 4.36. The van der Waals surface area contributed by atoms with Gasteiger partial charge in [-0.3, -0.25) is 4.68 Å². The van der Waals surface area contributed by atoms with E-state index in [1.54, 1.807) is 0 Å². The number of aryl methyl sites for hydroxylation is 2. The van der Waals surface area contributed by atoms with Gasteiger partial charge in [-0.15, -0.1) is 0 Å². The molecule has 2 rings (SSSR count). The van der Waals surface area contributed by atoms with Gasteiger partial charge in [0.2, 0.25) is 0 Å². The monoisotopic (exact) mass is 355 g/mol. The van der Waals surface area contributed by atoms with Crippen LogP contribution in [-0.4, -0.2) is 15.3 Å². The summed E-state index contributed by atoms with van der Waals surface area (Å²) in [5.74, 6) is 0.816. The maximum atomic E-state index is 6.72. The summed E-state index contributed by atoms with van der Waals surface area (Å²) in [7, 11) is 2.02. The highest BCUT2D eigenvalue weighted by Gasteiger charge is 2.38. The molecule has 1 aromatic rings. The van der Waals surface area contributed by atoms with Crippen molar-refractivity contribution < 1.29 is 0 Å². The highest BCUT2D eigenvalue weighted by Crippen LogP contribution is 2.43. The van der Waals surface area contributed by atoms with E-state index in [1.165, 1.54) is 25.0 Å². The van der Waals surface area contributed by atoms with Crippen LogP contribution in [0.1, 0.15) is 64.3 Å². The fraction of sp³-hybridized carbons (Fsp3) is 0.824. The third-order valence-electron chi connectivity index (χ3n) is 5.78. The van der Waals surface area contributed by atoms with Crippen LogP contribution in [0.5, 0.6) is 0 Å². The summed E-state index contributed by atoms with van der Waals surface area (Å²) in [6.45, 7) is 9.15. The zero-order valence-electron chi connectivity index (χ0n) is 14.2. The Morgan fingerprint density at radius 3 is 2.38 bits per heavy atom. The zero-order chi connectivity index (χ0) is 15.8. The number of hydrogen-bond donors (Lipinski definition) is 1. The summed E-state index contributed by atoms with van der Waals surface area (Å²) in [6.07, 6.45) is 6.93. The standard InChI is InChI=1S/C17H30BrN3/c1-6-16(3,4)13-7-9-17(19,10-8-13)11-14-15(18)12(2)20-21(14)5/h13H,6-11,19H2,1-5H3. The molecule has 0 unspecified atom stereocenters. The van der Waals surface area contributed by atoms with Gasteiger partial charge < -0.3 is 5.73 Å². The van der Waals surface area contributed by atoms with Crippen LogP contribution < -0.4 is 5.73 Å². The maximum Gasteiger partial charge on any atom is 0.0738 e. The van der Waals surface area contributed by atoms with Crippen molar-refractivity contribution >= 4 is 15.9 Å². The molecule has 1 heterocycles. The van der Waals surface area contributed by atoms with Crippen LogP contribution in [-0.2, 0) is 13.5 Å². The van der Waals surface area contributed by atoms with Gasteiger partial charge in [0.15, 0.2) is 0 Å². The van der Waals surface area contributed by atoms with Gasteiger partial charge in [-0.1, -0.05) is 27.2 Å². The molecule has 0 atom stereocenters. The van der Waals surface area contributed by atoms with E-state index < -0.39 is 0 Å². The minimum atomic E-state index is -0.0664. The maximum absolute atomic E-state index is 6.72. The molecule has 0 amide bonds. The highest BCUT2D eigenvalue weighted by molar-refractivity contribution is 9.10. The molecule has 0 aromatic carbocycles. The van der Waals surface area contributed by atoms with E-state index >= 15 is 0 Å². The summed E-state index contributed by atoms with van der Waals surface area (Å²) in [5.41, 5.74) is 9.40. The zero-order valence-corrected chi connectivity index (χ0v) is 15.8. The molecule has 1 aromatic heterocycles. The summed E-state index contributed by atoms with van der Waals surface area (Å²) in [5, 5.41) is 4.49. The van der Waals surface area contributed by atoms with Gasteiger partial charge in [0.05, 0.1) is 15.9 Å². The number of nitrogens with two attached hydrogens (primary N) is 1. The molecule has 0 saturated heterocycles. The Balaban J connectivity index is 2.06. The molecule has 2 N–H and O–H groups in total. The molecule has 3 nitrogen and oxygen atoms in total. The lowest BCUT2D eigenvalue weighted by Crippen LogP contribution is -2.47. The van der Waals surface area contributed by atoms with Crippen LogP contribution in [0, 0.1) is 18.3 Å². The van der Waals surface area contributed by atoms with Gasteiger partial charge in [0.1, 0.15) is 0 Å². The molecule has 1 saturated carbocycles. The normalized spacial score (nSPS) is 27.1. The topological polar surface area (TPSA) is 43.8 Å². The fourth-order valence-electron chi connectivity index (χ4n) is 3.65. The van der Waals surface area contributed by atoms with Crippen molar-refractivity contribution in [1.82, 2.24) is 9.78 Å². The van der Waals surface area contributed by atoms with E-state index in [1.807, 2.05) is 18.7 Å². The molecule has 4 heteroatoms. The van der Waals surface area contributed by atoms with E-state index in [0.29, 0.717) is 5.41 Å². The number of hydrogen-bond acceptors (Lipinski definition) is 2. The first-order valence-corrected chi connectivity index (χ1v) is 8.95. The molecule has 1 aliphatic rings. The second-order valence-corrected chi connectivity index (χ2v) is 8.42. The lowest BCUT2D eigenvalue weighted by Gasteiger charge is -2.43. The number of aromatic nitrogens is 2. The Hall–Kier alpha value is -0.350. The third kappa shape index (κ3) is 3.53. The van der Waals surface area contributed by atoms with Gasteiger partial charge in [-0.25, -0.2) is 0 Å². The number of nitrogens with zero attached hydrogens (tertiary/aromatic N) is 2. The average Bonchev–Trinajstić information content (AvgIpc) is 2.66. The Kier molecular flexibility index (Phi) is 4.89. The van der Waals surface area contributed by atoms with Gasteiger partial charge in [-0.2, -0.15) is 5.10 Å². The van der Waals surface area contributed by atoms with Crippen molar-refractivity contribution in [2.24, 2.45) is 24.1 Å². The van der Waals surface area contributed by atoms with Gasteiger partial charge in [0, 0.05) is 19.0 Å². The van der Waals surface area contributed by atoms with E-state index in [9.17, 15) is 0 Å². The van der Waals surface area contributed by atoms with Crippen LogP contribution >= 0.6 is 15.9 Å². The SMILES string of the molecule is CCC(C)(C)C1CCC(N)(Cc2c(Br)c(C)nn2C)CC1. The van der Waals surface area contributed by atoms with E-state index in [-0.39, 0.29) is 5.54 Å². The lowest BCUT2D eigenvalue weighted by molar-refractivity contribution is 0.114. The smallest absolute Gasteiger partial charge is 0.0738 e. The largest absolute Gasteiger partial charge is 0.325 e. The molecule has 120 valence electrons.